The van der Waals surface area contributed by atoms with Gasteiger partial charge in [0.15, 0.2) is 0 Å². The summed E-state index contributed by atoms with van der Waals surface area (Å²) in [5.74, 6) is 0.353. The summed E-state index contributed by atoms with van der Waals surface area (Å²) in [5.41, 5.74) is 1.50. The summed E-state index contributed by atoms with van der Waals surface area (Å²) < 4.78 is 70.3. The molecule has 10 heteroatoms. The Bertz CT molecular complexity index is 1110. The van der Waals surface area contributed by atoms with E-state index >= 15 is 0 Å². The van der Waals surface area contributed by atoms with Crippen molar-refractivity contribution in [2.75, 3.05) is 7.05 Å². The van der Waals surface area contributed by atoms with Crippen LogP contribution in [-0.2, 0) is 22.8 Å². The maximum atomic E-state index is 12.7. The first-order chi connectivity index (χ1) is 13.6. The van der Waals surface area contributed by atoms with Crippen LogP contribution in [0.3, 0.4) is 0 Å². The maximum absolute atomic E-state index is 12.7. The van der Waals surface area contributed by atoms with Crippen LogP contribution in [0.1, 0.15) is 16.8 Å². The fourth-order valence-electron chi connectivity index (χ4n) is 2.63. The Morgan fingerprint density at radius 3 is 2.34 bits per heavy atom. The predicted molar refractivity (Wildman–Crippen MR) is 101 cm³/mol. The van der Waals surface area contributed by atoms with Gasteiger partial charge in [-0.15, -0.1) is 0 Å². The molecule has 0 aliphatic rings. The molecule has 6 nitrogen and oxygen atoms in total. The minimum atomic E-state index is -4.40. The summed E-state index contributed by atoms with van der Waals surface area (Å²) in [6.07, 6.45) is -4.40. The third-order valence-corrected chi connectivity index (χ3v) is 5.60. The Hall–Kier alpha value is -2.85. The van der Waals surface area contributed by atoms with Crippen LogP contribution in [0.5, 0.6) is 5.75 Å². The molecule has 3 aromatic rings. The molecule has 0 bridgehead atoms. The van der Waals surface area contributed by atoms with Crippen molar-refractivity contribution in [3.05, 3.63) is 65.4 Å². The summed E-state index contributed by atoms with van der Waals surface area (Å²) in [7, 11) is -2.37. The number of aromatic amines is 1. The number of benzene rings is 2. The van der Waals surface area contributed by atoms with Gasteiger partial charge >= 0.3 is 6.18 Å². The van der Waals surface area contributed by atoms with E-state index in [2.05, 4.69) is 14.9 Å². The highest BCUT2D eigenvalue weighted by Gasteiger charge is 2.29. The minimum Gasteiger partial charge on any atom is -0.488 e. The molecule has 1 aromatic heterocycles. The lowest BCUT2D eigenvalue weighted by Gasteiger charge is -2.13. The van der Waals surface area contributed by atoms with Gasteiger partial charge in [0.2, 0.25) is 10.0 Å². The normalized spacial score (nSPS) is 12.2. The zero-order valence-corrected chi connectivity index (χ0v) is 16.4. The number of nitrogens with zero attached hydrogens (tertiary/aromatic N) is 1. The molecule has 0 radical (unpaired) electrons. The molecule has 0 spiro atoms. The second-order valence-corrected chi connectivity index (χ2v) is 8.17. The van der Waals surface area contributed by atoms with Crippen LogP contribution in [0.2, 0.25) is 0 Å². The molecule has 0 aliphatic carbocycles. The number of aryl methyl sites for hydroxylation is 1. The standard InChI is InChI=1S/C19H18F3N3O3S/c1-12-9-17(25-24-12)16-10-15(29(26,27)23-2)7-8-18(16)28-11-13-3-5-14(6-4-13)19(20,21)22/h3-10,23H,11H2,1-2H3,(H,24,25). The van der Waals surface area contributed by atoms with Gasteiger partial charge in [0.1, 0.15) is 12.4 Å². The Kier molecular flexibility index (Phi) is 5.67. The van der Waals surface area contributed by atoms with E-state index < -0.39 is 21.8 Å². The summed E-state index contributed by atoms with van der Waals surface area (Å²) in [5, 5.41) is 6.93. The minimum absolute atomic E-state index is 0.00661. The number of halogens is 3. The highest BCUT2D eigenvalue weighted by atomic mass is 32.2. The van der Waals surface area contributed by atoms with E-state index in [1.807, 2.05) is 0 Å². The van der Waals surface area contributed by atoms with Crippen molar-refractivity contribution in [1.29, 1.82) is 0 Å². The molecule has 0 amide bonds. The average Bonchev–Trinajstić information content (AvgIpc) is 3.12. The first-order valence-electron chi connectivity index (χ1n) is 8.49. The van der Waals surface area contributed by atoms with Crippen LogP contribution in [0, 0.1) is 6.92 Å². The average molecular weight is 425 g/mol. The second kappa shape index (κ2) is 7.88. The van der Waals surface area contributed by atoms with Gasteiger partial charge in [0.05, 0.1) is 16.2 Å². The topological polar surface area (TPSA) is 84.1 Å². The first kappa shape index (κ1) is 20.9. The van der Waals surface area contributed by atoms with Crippen molar-refractivity contribution < 1.29 is 26.3 Å². The Morgan fingerprint density at radius 1 is 1.10 bits per heavy atom. The summed E-state index contributed by atoms with van der Waals surface area (Å²) in [6, 6.07) is 10.7. The molecule has 2 N–H and O–H groups in total. The lowest BCUT2D eigenvalue weighted by Crippen LogP contribution is -2.18. The Labute approximate surface area is 165 Å². The summed E-state index contributed by atoms with van der Waals surface area (Å²) >= 11 is 0. The maximum Gasteiger partial charge on any atom is 0.416 e. The summed E-state index contributed by atoms with van der Waals surface area (Å²) in [4.78, 5) is 0.0394. The first-order valence-corrected chi connectivity index (χ1v) is 9.97. The largest absolute Gasteiger partial charge is 0.488 e. The summed E-state index contributed by atoms with van der Waals surface area (Å²) in [6.45, 7) is 1.81. The van der Waals surface area contributed by atoms with E-state index in [1.54, 1.807) is 13.0 Å². The third-order valence-electron chi connectivity index (χ3n) is 4.19. The van der Waals surface area contributed by atoms with Gasteiger partial charge in [-0.1, -0.05) is 12.1 Å². The van der Waals surface area contributed by atoms with Crippen LogP contribution in [0.4, 0.5) is 13.2 Å². The van der Waals surface area contributed by atoms with Crippen molar-refractivity contribution in [1.82, 2.24) is 14.9 Å². The Morgan fingerprint density at radius 2 is 1.79 bits per heavy atom. The van der Waals surface area contributed by atoms with Gasteiger partial charge < -0.3 is 4.74 Å². The number of ether oxygens (including phenoxy) is 1. The van der Waals surface area contributed by atoms with Crippen molar-refractivity contribution in [2.24, 2.45) is 0 Å². The lowest BCUT2D eigenvalue weighted by atomic mass is 10.1. The number of H-pyrrole nitrogens is 1. The molecule has 0 fully saturated rings. The molecule has 1 heterocycles. The lowest BCUT2D eigenvalue weighted by molar-refractivity contribution is -0.137. The van der Waals surface area contributed by atoms with E-state index in [1.165, 1.54) is 37.4 Å². The molecule has 154 valence electrons. The van der Waals surface area contributed by atoms with Crippen LogP contribution >= 0.6 is 0 Å². The highest BCUT2D eigenvalue weighted by molar-refractivity contribution is 7.89. The monoisotopic (exact) mass is 425 g/mol. The number of nitrogens with one attached hydrogen (secondary N) is 2. The van der Waals surface area contributed by atoms with Gasteiger partial charge in [-0.25, -0.2) is 13.1 Å². The predicted octanol–water partition coefficient (Wildman–Crippen LogP) is 3.89. The zero-order chi connectivity index (χ0) is 21.2. The van der Waals surface area contributed by atoms with Crippen LogP contribution in [0.25, 0.3) is 11.3 Å². The number of hydrogen-bond acceptors (Lipinski definition) is 4. The van der Waals surface area contributed by atoms with Gasteiger partial charge in [0.25, 0.3) is 0 Å². The smallest absolute Gasteiger partial charge is 0.416 e. The molecule has 0 saturated carbocycles. The quantitative estimate of drug-likeness (QED) is 0.628. The van der Waals surface area contributed by atoms with Gasteiger partial charge in [-0.05, 0) is 55.9 Å². The molecule has 2 aromatic carbocycles. The number of hydrogen-bond donors (Lipinski definition) is 2. The molecule has 29 heavy (non-hydrogen) atoms. The number of rotatable bonds is 6. The third kappa shape index (κ3) is 4.77. The SMILES string of the molecule is CNS(=O)(=O)c1ccc(OCc2ccc(C(F)(F)F)cc2)c(-c2cc(C)[nH]n2)c1. The fourth-order valence-corrected chi connectivity index (χ4v) is 3.38. The molecular formula is C19H18F3N3O3S. The molecule has 0 aliphatic heterocycles. The van der Waals surface area contributed by atoms with Crippen molar-refractivity contribution >= 4 is 10.0 Å². The van der Waals surface area contributed by atoms with E-state index in [4.69, 9.17) is 4.74 Å². The van der Waals surface area contributed by atoms with E-state index in [0.29, 0.717) is 22.6 Å². The molecule has 0 unspecified atom stereocenters. The number of alkyl halides is 3. The molecular weight excluding hydrogens is 407 g/mol. The highest BCUT2D eigenvalue weighted by Crippen LogP contribution is 2.33. The van der Waals surface area contributed by atoms with Crippen LogP contribution < -0.4 is 9.46 Å². The van der Waals surface area contributed by atoms with E-state index in [0.717, 1.165) is 17.8 Å². The van der Waals surface area contributed by atoms with Crippen LogP contribution in [-0.4, -0.2) is 25.7 Å². The van der Waals surface area contributed by atoms with Crippen molar-refractivity contribution in [3.63, 3.8) is 0 Å². The van der Waals surface area contributed by atoms with E-state index in [9.17, 15) is 21.6 Å². The van der Waals surface area contributed by atoms with Crippen molar-refractivity contribution in [3.8, 4) is 17.0 Å². The Balaban J connectivity index is 1.90. The number of aromatic nitrogens is 2. The zero-order valence-electron chi connectivity index (χ0n) is 15.5. The van der Waals surface area contributed by atoms with Gasteiger partial charge in [0, 0.05) is 11.3 Å². The van der Waals surface area contributed by atoms with Gasteiger partial charge in [-0.3, -0.25) is 5.10 Å². The fraction of sp³-hybridized carbons (Fsp3) is 0.211. The molecule has 0 atom stereocenters. The number of sulfonamides is 1. The molecule has 3 rings (SSSR count). The van der Waals surface area contributed by atoms with Gasteiger partial charge in [-0.2, -0.15) is 18.3 Å². The van der Waals surface area contributed by atoms with Crippen LogP contribution in [0.15, 0.2) is 53.4 Å². The molecule has 0 saturated heterocycles. The second-order valence-electron chi connectivity index (χ2n) is 6.29. The van der Waals surface area contributed by atoms with Crippen molar-refractivity contribution in [2.45, 2.75) is 24.6 Å². The van der Waals surface area contributed by atoms with E-state index in [-0.39, 0.29) is 11.5 Å².